The van der Waals surface area contributed by atoms with Crippen LogP contribution in [-0.4, -0.2) is 30.4 Å². The van der Waals surface area contributed by atoms with Gasteiger partial charge >= 0.3 is 5.97 Å². The maximum absolute atomic E-state index is 14.1. The third-order valence-electron chi connectivity index (χ3n) is 6.94. The van der Waals surface area contributed by atoms with Gasteiger partial charge in [-0.25, -0.2) is 9.79 Å². The van der Waals surface area contributed by atoms with Crippen LogP contribution in [0.3, 0.4) is 0 Å². The van der Waals surface area contributed by atoms with Gasteiger partial charge in [0.05, 0.1) is 40.6 Å². The molecule has 1 atom stereocenters. The van der Waals surface area contributed by atoms with Gasteiger partial charge in [-0.2, -0.15) is 0 Å². The molecule has 3 aromatic carbocycles. The van der Waals surface area contributed by atoms with Gasteiger partial charge in [0.1, 0.15) is 18.4 Å². The zero-order valence-electron chi connectivity index (χ0n) is 25.4. The number of ether oxygens (including phenoxy) is 4. The minimum Gasteiger partial charge on any atom is -0.493 e. The zero-order valence-corrected chi connectivity index (χ0v) is 27.8. The number of fused-ring (bicyclic) bond motifs is 1. The summed E-state index contributed by atoms with van der Waals surface area (Å²) in [5, 5.41) is 0.955. The fraction of sp³-hybridized carbons (Fsp3) is 0.265. The summed E-state index contributed by atoms with van der Waals surface area (Å²) in [4.78, 5) is 32.5. The van der Waals surface area contributed by atoms with E-state index < -0.39 is 12.0 Å². The number of rotatable bonds is 10. The normalized spacial score (nSPS) is 14.7. The van der Waals surface area contributed by atoms with Crippen molar-refractivity contribution in [2.45, 2.75) is 46.4 Å². The molecule has 8 nitrogen and oxygen atoms in total. The molecule has 0 N–H and O–H groups in total. The Hall–Kier alpha value is -4.05. The highest BCUT2D eigenvalue weighted by Gasteiger charge is 2.35. The number of thiazole rings is 1. The van der Waals surface area contributed by atoms with Gasteiger partial charge in [-0.3, -0.25) is 9.36 Å². The highest BCUT2D eigenvalue weighted by atomic mass is 35.5. The summed E-state index contributed by atoms with van der Waals surface area (Å²) in [7, 11) is 1.52. The van der Waals surface area contributed by atoms with Gasteiger partial charge in [0.25, 0.3) is 5.56 Å². The monoisotopic (exact) mass is 666 g/mol. The SMILES string of the molecule is CCOC(=O)C1=C(C)N=c2s/c(=C/c3cc(Cl)c(OCc4ccc(Cl)cc4)c(OC)c3)c(=O)n2[C@H]1c1ccccc1OC(C)C. The molecule has 5 rings (SSSR count). The lowest BCUT2D eigenvalue weighted by Crippen LogP contribution is -2.40. The number of carbonyl (C=O) groups is 1. The van der Waals surface area contributed by atoms with Crippen molar-refractivity contribution in [1.82, 2.24) is 4.57 Å². The number of benzene rings is 3. The van der Waals surface area contributed by atoms with Crippen LogP contribution >= 0.6 is 34.5 Å². The largest absolute Gasteiger partial charge is 0.493 e. The Bertz CT molecular complexity index is 1950. The first-order valence-electron chi connectivity index (χ1n) is 14.3. The molecule has 1 aliphatic heterocycles. The van der Waals surface area contributed by atoms with Crippen LogP contribution in [0, 0.1) is 0 Å². The van der Waals surface area contributed by atoms with Crippen molar-refractivity contribution in [2.75, 3.05) is 13.7 Å². The molecule has 0 saturated carbocycles. The highest BCUT2D eigenvalue weighted by molar-refractivity contribution is 7.07. The van der Waals surface area contributed by atoms with E-state index in [1.165, 1.54) is 23.0 Å². The molecule has 1 aliphatic rings. The number of aromatic nitrogens is 1. The molecule has 1 aromatic heterocycles. The predicted octanol–water partition coefficient (Wildman–Crippen LogP) is 6.48. The van der Waals surface area contributed by atoms with Crippen LogP contribution in [0.2, 0.25) is 10.0 Å². The Morgan fingerprint density at radius 2 is 1.82 bits per heavy atom. The van der Waals surface area contributed by atoms with Gasteiger partial charge in [-0.05, 0) is 75.2 Å². The van der Waals surface area contributed by atoms with Gasteiger partial charge in [-0.1, -0.05) is 64.9 Å². The Labute approximate surface area is 274 Å². The van der Waals surface area contributed by atoms with E-state index in [1.807, 2.05) is 50.2 Å². The van der Waals surface area contributed by atoms with E-state index in [0.29, 0.717) is 53.5 Å². The van der Waals surface area contributed by atoms with Crippen molar-refractivity contribution in [1.29, 1.82) is 0 Å². The van der Waals surface area contributed by atoms with Crippen molar-refractivity contribution < 1.29 is 23.7 Å². The summed E-state index contributed by atoms with van der Waals surface area (Å²) in [6.45, 7) is 7.76. The molecule has 0 bridgehead atoms. The molecule has 234 valence electrons. The first kappa shape index (κ1) is 32.3. The van der Waals surface area contributed by atoms with Crippen molar-refractivity contribution in [2.24, 2.45) is 4.99 Å². The Kier molecular flexibility index (Phi) is 10.0. The molecule has 0 unspecified atom stereocenters. The highest BCUT2D eigenvalue weighted by Crippen LogP contribution is 2.38. The van der Waals surface area contributed by atoms with Gasteiger partial charge in [-0.15, -0.1) is 0 Å². The average Bonchev–Trinajstić information content (AvgIpc) is 3.30. The summed E-state index contributed by atoms with van der Waals surface area (Å²) >= 11 is 13.9. The second-order valence-electron chi connectivity index (χ2n) is 10.5. The molecule has 4 aromatic rings. The fourth-order valence-corrected chi connectivity index (χ4v) is 6.45. The van der Waals surface area contributed by atoms with E-state index in [0.717, 1.165) is 5.56 Å². The molecule has 45 heavy (non-hydrogen) atoms. The van der Waals surface area contributed by atoms with Crippen LogP contribution in [0.15, 0.2) is 81.7 Å². The first-order chi connectivity index (χ1) is 21.6. The number of hydrogen-bond acceptors (Lipinski definition) is 8. The summed E-state index contributed by atoms with van der Waals surface area (Å²) in [6, 6.07) is 17.3. The van der Waals surface area contributed by atoms with Crippen molar-refractivity contribution in [3.8, 4) is 17.2 Å². The average molecular weight is 668 g/mol. The molecular weight excluding hydrogens is 635 g/mol. The quantitative estimate of drug-likeness (QED) is 0.180. The summed E-state index contributed by atoms with van der Waals surface area (Å²) in [5.74, 6) is 0.815. The number of nitrogens with zero attached hydrogens (tertiary/aromatic N) is 2. The minimum atomic E-state index is -0.806. The molecule has 0 radical (unpaired) electrons. The molecule has 0 spiro atoms. The Morgan fingerprint density at radius 1 is 1.09 bits per heavy atom. The smallest absolute Gasteiger partial charge is 0.338 e. The van der Waals surface area contributed by atoms with Crippen molar-refractivity contribution in [3.63, 3.8) is 0 Å². The van der Waals surface area contributed by atoms with Crippen molar-refractivity contribution >= 4 is 46.6 Å². The number of allylic oxidation sites excluding steroid dienone is 1. The standard InChI is InChI=1S/C34H32Cl2N2O6S/c1-6-42-33(40)29-20(4)37-34-38(30(29)24-9-7-8-10-26(24)44-19(2)3)32(39)28(45-34)17-22-15-25(36)31(27(16-22)41-5)43-18-21-11-13-23(35)14-12-21/h7-17,19,30H,6,18H2,1-5H3/b28-17+/t30-/m0/s1. The lowest BCUT2D eigenvalue weighted by molar-refractivity contribution is -0.139. The lowest BCUT2D eigenvalue weighted by Gasteiger charge is -2.26. The van der Waals surface area contributed by atoms with Crippen LogP contribution in [-0.2, 0) is 16.1 Å². The van der Waals surface area contributed by atoms with Crippen molar-refractivity contribution in [3.05, 3.63) is 118 Å². The third-order valence-corrected chi connectivity index (χ3v) is 8.45. The van der Waals surface area contributed by atoms with E-state index in [4.69, 9.17) is 42.1 Å². The van der Waals surface area contributed by atoms with Crippen LogP contribution in [0.5, 0.6) is 17.2 Å². The molecule has 0 fully saturated rings. The topological polar surface area (TPSA) is 88.4 Å². The third kappa shape index (κ3) is 6.96. The van der Waals surface area contributed by atoms with E-state index in [2.05, 4.69) is 4.99 Å². The minimum absolute atomic E-state index is 0.129. The molecule has 0 aliphatic carbocycles. The van der Waals surface area contributed by atoms with E-state index in [9.17, 15) is 9.59 Å². The van der Waals surface area contributed by atoms with Gasteiger partial charge in [0, 0.05) is 10.6 Å². The summed E-state index contributed by atoms with van der Waals surface area (Å²) < 4.78 is 25.0. The van der Waals surface area contributed by atoms with Gasteiger partial charge in [0.2, 0.25) is 0 Å². The maximum atomic E-state index is 14.1. The maximum Gasteiger partial charge on any atom is 0.338 e. The number of hydrogen-bond donors (Lipinski definition) is 0. The van der Waals surface area contributed by atoms with Crippen LogP contribution in [0.1, 0.15) is 50.4 Å². The summed E-state index contributed by atoms with van der Waals surface area (Å²) in [6.07, 6.45) is 1.59. The van der Waals surface area contributed by atoms with E-state index in [-0.39, 0.29) is 30.5 Å². The van der Waals surface area contributed by atoms with Crippen LogP contribution in [0.25, 0.3) is 6.08 Å². The van der Waals surface area contributed by atoms with Crippen LogP contribution in [0.4, 0.5) is 0 Å². The lowest BCUT2D eigenvalue weighted by atomic mass is 9.95. The van der Waals surface area contributed by atoms with E-state index in [1.54, 1.807) is 44.2 Å². The second-order valence-corrected chi connectivity index (χ2v) is 12.3. The Balaban J connectivity index is 1.60. The molecule has 11 heteroatoms. The number of methoxy groups -OCH3 is 1. The molecule has 2 heterocycles. The zero-order chi connectivity index (χ0) is 32.2. The van der Waals surface area contributed by atoms with E-state index >= 15 is 0 Å². The number of esters is 1. The van der Waals surface area contributed by atoms with Crippen LogP contribution < -0.4 is 29.1 Å². The Morgan fingerprint density at radius 3 is 2.51 bits per heavy atom. The number of halogens is 2. The number of para-hydroxylation sites is 1. The fourth-order valence-electron chi connectivity index (χ4n) is 5.00. The first-order valence-corrected chi connectivity index (χ1v) is 15.9. The van der Waals surface area contributed by atoms with Gasteiger partial charge in [0.15, 0.2) is 16.3 Å². The van der Waals surface area contributed by atoms with Gasteiger partial charge < -0.3 is 18.9 Å². The predicted molar refractivity (Wildman–Crippen MR) is 176 cm³/mol. The number of carbonyl (C=O) groups excluding carboxylic acids is 1. The second kappa shape index (κ2) is 13.9. The molecular formula is C34H32Cl2N2O6S. The molecule has 0 saturated heterocycles. The molecule has 0 amide bonds. The summed E-state index contributed by atoms with van der Waals surface area (Å²) in [5.41, 5.74) is 2.62.